The lowest BCUT2D eigenvalue weighted by atomic mass is 10.0. The van der Waals surface area contributed by atoms with Crippen LogP contribution in [0.4, 0.5) is 0 Å². The molecule has 0 fully saturated rings. The Balaban J connectivity index is 2.85. The molecule has 5 heteroatoms. The minimum Gasteiger partial charge on any atom is -0.548 e. The zero-order valence-electron chi connectivity index (χ0n) is 9.57. The summed E-state index contributed by atoms with van der Waals surface area (Å²) in [5.74, 6) is -2.08. The van der Waals surface area contributed by atoms with Crippen molar-refractivity contribution in [1.82, 2.24) is 5.32 Å². The van der Waals surface area contributed by atoms with E-state index in [1.165, 1.54) is 6.07 Å². The number of carbonyl (C=O) groups is 2. The van der Waals surface area contributed by atoms with Gasteiger partial charge in [-0.15, -0.1) is 0 Å². The van der Waals surface area contributed by atoms with Crippen LogP contribution in [0.15, 0.2) is 24.3 Å². The first-order chi connectivity index (χ1) is 7.93. The molecule has 17 heavy (non-hydrogen) atoms. The second kappa shape index (κ2) is 5.68. The molecule has 1 N–H and O–H groups in total. The van der Waals surface area contributed by atoms with Gasteiger partial charge >= 0.3 is 0 Å². The second-order valence-electron chi connectivity index (χ2n) is 3.99. The minimum absolute atomic E-state index is 0.251. The third-order valence-corrected chi connectivity index (χ3v) is 2.66. The molecule has 0 unspecified atom stereocenters. The Morgan fingerprint density at radius 1 is 1.29 bits per heavy atom. The van der Waals surface area contributed by atoms with E-state index in [4.69, 9.17) is 11.6 Å². The van der Waals surface area contributed by atoms with E-state index in [2.05, 4.69) is 5.32 Å². The van der Waals surface area contributed by atoms with Gasteiger partial charge in [-0.25, -0.2) is 0 Å². The molecule has 1 aromatic rings. The summed E-state index contributed by atoms with van der Waals surface area (Å²) in [7, 11) is 0. The van der Waals surface area contributed by atoms with Crippen LogP contribution < -0.4 is 10.4 Å². The molecule has 1 atom stereocenters. The molecule has 0 aromatic heterocycles. The quantitative estimate of drug-likeness (QED) is 0.866. The van der Waals surface area contributed by atoms with Gasteiger partial charge in [0.2, 0.25) is 0 Å². The summed E-state index contributed by atoms with van der Waals surface area (Å²) in [5, 5.41) is 13.5. The summed E-state index contributed by atoms with van der Waals surface area (Å²) >= 11 is 5.84. The van der Waals surface area contributed by atoms with Gasteiger partial charge in [-0.1, -0.05) is 37.6 Å². The molecule has 0 bridgehead atoms. The van der Waals surface area contributed by atoms with Gasteiger partial charge in [0, 0.05) is 0 Å². The van der Waals surface area contributed by atoms with E-state index in [1.807, 2.05) is 0 Å². The zero-order chi connectivity index (χ0) is 13.0. The van der Waals surface area contributed by atoms with Crippen molar-refractivity contribution in [2.75, 3.05) is 0 Å². The smallest absolute Gasteiger partial charge is 0.253 e. The van der Waals surface area contributed by atoms with Gasteiger partial charge < -0.3 is 15.2 Å². The number of hydrogen-bond acceptors (Lipinski definition) is 3. The van der Waals surface area contributed by atoms with E-state index in [0.717, 1.165) is 0 Å². The van der Waals surface area contributed by atoms with E-state index in [1.54, 1.807) is 32.0 Å². The molecule has 92 valence electrons. The van der Waals surface area contributed by atoms with E-state index in [9.17, 15) is 14.7 Å². The predicted octanol–water partition coefficient (Wildman–Crippen LogP) is 0.844. The van der Waals surface area contributed by atoms with Crippen LogP contribution in [0.3, 0.4) is 0 Å². The first-order valence-electron chi connectivity index (χ1n) is 5.19. The van der Waals surface area contributed by atoms with Gasteiger partial charge in [0.15, 0.2) is 0 Å². The molecule has 0 aliphatic heterocycles. The molecular formula is C12H13ClNO3-. The summed E-state index contributed by atoms with van der Waals surface area (Å²) in [4.78, 5) is 22.6. The summed E-state index contributed by atoms with van der Waals surface area (Å²) in [6.07, 6.45) is 0. The highest BCUT2D eigenvalue weighted by molar-refractivity contribution is 6.33. The standard InChI is InChI=1S/C12H14ClNO3/c1-7(2)10(12(16)17)14-11(15)8-5-3-4-6-9(8)13/h3-7,10H,1-2H3,(H,14,15)(H,16,17)/p-1/t10-/m1/s1. The molecule has 0 saturated carbocycles. The highest BCUT2D eigenvalue weighted by atomic mass is 35.5. The number of hydrogen-bond donors (Lipinski definition) is 1. The largest absolute Gasteiger partial charge is 0.548 e. The second-order valence-corrected chi connectivity index (χ2v) is 4.40. The van der Waals surface area contributed by atoms with Gasteiger partial charge in [0.25, 0.3) is 5.91 Å². The number of nitrogens with one attached hydrogen (secondary N) is 1. The third kappa shape index (κ3) is 3.46. The lowest BCUT2D eigenvalue weighted by Crippen LogP contribution is -2.50. The zero-order valence-corrected chi connectivity index (χ0v) is 10.3. The number of halogens is 1. The molecule has 0 aliphatic rings. The Bertz CT molecular complexity index is 432. The normalized spacial score (nSPS) is 12.2. The molecule has 0 saturated heterocycles. The fraction of sp³-hybridized carbons (Fsp3) is 0.333. The SMILES string of the molecule is CC(C)[C@@H](NC(=O)c1ccccc1Cl)C(=O)[O-]. The van der Waals surface area contributed by atoms with Crippen LogP contribution in [0, 0.1) is 5.92 Å². The Morgan fingerprint density at radius 3 is 2.35 bits per heavy atom. The fourth-order valence-corrected chi connectivity index (χ4v) is 1.58. The molecule has 0 heterocycles. The topological polar surface area (TPSA) is 69.2 Å². The number of aliphatic carboxylic acids is 1. The van der Waals surface area contributed by atoms with E-state index in [0.29, 0.717) is 0 Å². The summed E-state index contributed by atoms with van der Waals surface area (Å²) < 4.78 is 0. The number of carboxylic acid groups (broad SMARTS) is 1. The highest BCUT2D eigenvalue weighted by Gasteiger charge is 2.19. The molecule has 0 spiro atoms. The van der Waals surface area contributed by atoms with Crippen LogP contribution in [-0.2, 0) is 4.79 Å². The number of carbonyl (C=O) groups excluding carboxylic acids is 2. The van der Waals surface area contributed by atoms with Gasteiger partial charge in [-0.3, -0.25) is 4.79 Å². The molecule has 1 aromatic carbocycles. The number of rotatable bonds is 4. The van der Waals surface area contributed by atoms with Crippen LogP contribution in [0.25, 0.3) is 0 Å². The van der Waals surface area contributed by atoms with Crippen LogP contribution in [0.1, 0.15) is 24.2 Å². The van der Waals surface area contributed by atoms with Crippen molar-refractivity contribution in [1.29, 1.82) is 0 Å². The minimum atomic E-state index is -1.31. The van der Waals surface area contributed by atoms with Gasteiger partial charge in [0.1, 0.15) is 0 Å². The fourth-order valence-electron chi connectivity index (χ4n) is 1.36. The third-order valence-electron chi connectivity index (χ3n) is 2.33. The van der Waals surface area contributed by atoms with Crippen molar-refractivity contribution >= 4 is 23.5 Å². The molecule has 4 nitrogen and oxygen atoms in total. The van der Waals surface area contributed by atoms with E-state index >= 15 is 0 Å². The lowest BCUT2D eigenvalue weighted by Gasteiger charge is -2.23. The van der Waals surface area contributed by atoms with Crippen molar-refractivity contribution in [3.05, 3.63) is 34.9 Å². The maximum Gasteiger partial charge on any atom is 0.253 e. The highest BCUT2D eigenvalue weighted by Crippen LogP contribution is 2.15. The van der Waals surface area contributed by atoms with Crippen molar-refractivity contribution < 1.29 is 14.7 Å². The van der Waals surface area contributed by atoms with E-state index < -0.39 is 17.9 Å². The monoisotopic (exact) mass is 254 g/mol. The first-order valence-corrected chi connectivity index (χ1v) is 5.57. The lowest BCUT2D eigenvalue weighted by molar-refractivity contribution is -0.309. The van der Waals surface area contributed by atoms with Gasteiger partial charge in [-0.2, -0.15) is 0 Å². The van der Waals surface area contributed by atoms with Crippen LogP contribution in [0.2, 0.25) is 5.02 Å². The Labute approximate surface area is 105 Å². The van der Waals surface area contributed by atoms with E-state index in [-0.39, 0.29) is 16.5 Å². The number of carboxylic acids is 1. The van der Waals surface area contributed by atoms with Crippen molar-refractivity contribution in [3.8, 4) is 0 Å². The maximum atomic E-state index is 11.8. The maximum absolute atomic E-state index is 11.8. The summed E-state index contributed by atoms with van der Waals surface area (Å²) in [5.41, 5.74) is 0.251. The molecule has 1 amide bonds. The van der Waals surface area contributed by atoms with Crippen LogP contribution >= 0.6 is 11.6 Å². The summed E-state index contributed by atoms with van der Waals surface area (Å²) in [6, 6.07) is 5.42. The molecular weight excluding hydrogens is 242 g/mol. The van der Waals surface area contributed by atoms with Crippen molar-refractivity contribution in [3.63, 3.8) is 0 Å². The molecule has 0 aliphatic carbocycles. The summed E-state index contributed by atoms with van der Waals surface area (Å²) in [6.45, 7) is 3.38. The average molecular weight is 255 g/mol. The van der Waals surface area contributed by atoms with Crippen LogP contribution in [0.5, 0.6) is 0 Å². The molecule has 1 rings (SSSR count). The van der Waals surface area contributed by atoms with Crippen LogP contribution in [-0.4, -0.2) is 17.9 Å². The van der Waals surface area contributed by atoms with Gasteiger partial charge in [0.05, 0.1) is 22.6 Å². The Morgan fingerprint density at radius 2 is 1.88 bits per heavy atom. The van der Waals surface area contributed by atoms with Crippen molar-refractivity contribution in [2.45, 2.75) is 19.9 Å². The molecule has 0 radical (unpaired) electrons. The Hall–Kier alpha value is -1.55. The number of benzene rings is 1. The Kier molecular flexibility index (Phi) is 4.52. The van der Waals surface area contributed by atoms with Gasteiger partial charge in [-0.05, 0) is 18.1 Å². The average Bonchev–Trinajstić information content (AvgIpc) is 2.25. The predicted molar refractivity (Wildman–Crippen MR) is 62.6 cm³/mol. The van der Waals surface area contributed by atoms with Crippen molar-refractivity contribution in [2.24, 2.45) is 5.92 Å². The number of amides is 1. The first kappa shape index (κ1) is 13.5.